The maximum absolute atomic E-state index is 12.6. The van der Waals surface area contributed by atoms with E-state index in [2.05, 4.69) is 11.4 Å². The van der Waals surface area contributed by atoms with E-state index >= 15 is 0 Å². The molecular formula is C26H27ClN2O2. The maximum Gasteiger partial charge on any atom is 0.323 e. The molecule has 0 aromatic heterocycles. The average molecular weight is 435 g/mol. The summed E-state index contributed by atoms with van der Waals surface area (Å²) in [5.41, 5.74) is 4.61. The lowest BCUT2D eigenvalue weighted by molar-refractivity contribution is -0.148. The molecule has 0 aliphatic rings. The highest BCUT2D eigenvalue weighted by molar-refractivity contribution is 5.85. The molecule has 0 aliphatic carbocycles. The largest absolute Gasteiger partial charge is 0.460 e. The predicted molar refractivity (Wildman–Crippen MR) is 126 cm³/mol. The van der Waals surface area contributed by atoms with E-state index in [1.165, 1.54) is 0 Å². The summed E-state index contributed by atoms with van der Waals surface area (Å²) in [6.45, 7) is 4.84. The van der Waals surface area contributed by atoms with Gasteiger partial charge in [0.05, 0.1) is 11.6 Å². The minimum atomic E-state index is -0.382. The Labute approximate surface area is 190 Å². The minimum Gasteiger partial charge on any atom is -0.460 e. The van der Waals surface area contributed by atoms with Crippen LogP contribution in [0.2, 0.25) is 0 Å². The van der Waals surface area contributed by atoms with Crippen LogP contribution in [-0.2, 0) is 22.7 Å². The SMILES string of the molecule is CC(C)C(NCc1ccc(-c2ccccc2C#N)cc1)C(=O)OCc1ccccc1.Cl. The normalized spacial score (nSPS) is 11.3. The molecule has 0 spiro atoms. The Morgan fingerprint density at radius 1 is 0.935 bits per heavy atom. The van der Waals surface area contributed by atoms with E-state index in [-0.39, 0.29) is 36.9 Å². The van der Waals surface area contributed by atoms with Crippen LogP contribution in [0.1, 0.15) is 30.5 Å². The molecular weight excluding hydrogens is 408 g/mol. The number of rotatable bonds is 8. The number of carbonyl (C=O) groups is 1. The summed E-state index contributed by atoms with van der Waals surface area (Å²) < 4.78 is 5.51. The van der Waals surface area contributed by atoms with E-state index in [1.807, 2.05) is 92.7 Å². The molecule has 0 fully saturated rings. The molecule has 0 amide bonds. The molecule has 1 unspecified atom stereocenters. The van der Waals surface area contributed by atoms with Crippen molar-refractivity contribution >= 4 is 18.4 Å². The van der Waals surface area contributed by atoms with Crippen molar-refractivity contribution in [1.29, 1.82) is 5.26 Å². The summed E-state index contributed by atoms with van der Waals surface area (Å²) in [6.07, 6.45) is 0. The van der Waals surface area contributed by atoms with E-state index in [4.69, 9.17) is 4.74 Å². The van der Waals surface area contributed by atoms with Gasteiger partial charge in [-0.15, -0.1) is 12.4 Å². The zero-order valence-electron chi connectivity index (χ0n) is 17.7. The number of hydrogen-bond donors (Lipinski definition) is 1. The van der Waals surface area contributed by atoms with Gasteiger partial charge in [-0.2, -0.15) is 5.26 Å². The fourth-order valence-electron chi connectivity index (χ4n) is 3.27. The maximum atomic E-state index is 12.6. The van der Waals surface area contributed by atoms with Gasteiger partial charge in [-0.25, -0.2) is 0 Å². The second-order valence-corrected chi connectivity index (χ2v) is 7.55. The van der Waals surface area contributed by atoms with E-state index in [9.17, 15) is 10.1 Å². The lowest BCUT2D eigenvalue weighted by atomic mass is 9.99. The number of halogens is 1. The van der Waals surface area contributed by atoms with Gasteiger partial charge in [0.1, 0.15) is 12.6 Å². The minimum absolute atomic E-state index is 0. The van der Waals surface area contributed by atoms with Crippen LogP contribution in [0.15, 0.2) is 78.9 Å². The number of esters is 1. The second kappa shape index (κ2) is 11.9. The Bertz CT molecular complexity index is 1010. The third-order valence-electron chi connectivity index (χ3n) is 4.98. The van der Waals surface area contributed by atoms with Crippen molar-refractivity contribution in [1.82, 2.24) is 5.32 Å². The van der Waals surface area contributed by atoms with Crippen LogP contribution in [-0.4, -0.2) is 12.0 Å². The number of hydrogen-bond acceptors (Lipinski definition) is 4. The monoisotopic (exact) mass is 434 g/mol. The molecule has 160 valence electrons. The first-order chi connectivity index (χ1) is 14.6. The topological polar surface area (TPSA) is 62.1 Å². The van der Waals surface area contributed by atoms with E-state index in [0.29, 0.717) is 12.1 Å². The molecule has 0 heterocycles. The lowest BCUT2D eigenvalue weighted by Crippen LogP contribution is -2.41. The van der Waals surface area contributed by atoms with Gasteiger partial charge in [0.2, 0.25) is 0 Å². The van der Waals surface area contributed by atoms with E-state index < -0.39 is 0 Å². The molecule has 0 saturated heterocycles. The molecule has 31 heavy (non-hydrogen) atoms. The third-order valence-corrected chi connectivity index (χ3v) is 4.98. The number of ether oxygens (including phenoxy) is 1. The van der Waals surface area contributed by atoms with Crippen molar-refractivity contribution < 1.29 is 9.53 Å². The van der Waals surface area contributed by atoms with Gasteiger partial charge in [0.25, 0.3) is 0 Å². The van der Waals surface area contributed by atoms with Gasteiger partial charge in [-0.3, -0.25) is 4.79 Å². The summed E-state index contributed by atoms with van der Waals surface area (Å²) in [5, 5.41) is 12.6. The zero-order valence-corrected chi connectivity index (χ0v) is 18.6. The van der Waals surface area contributed by atoms with Crippen molar-refractivity contribution in [3.8, 4) is 17.2 Å². The van der Waals surface area contributed by atoms with Crippen LogP contribution in [0.4, 0.5) is 0 Å². The molecule has 3 aromatic carbocycles. The lowest BCUT2D eigenvalue weighted by Gasteiger charge is -2.21. The fourth-order valence-corrected chi connectivity index (χ4v) is 3.27. The highest BCUT2D eigenvalue weighted by Gasteiger charge is 2.23. The smallest absolute Gasteiger partial charge is 0.323 e. The van der Waals surface area contributed by atoms with Gasteiger partial charge in [-0.1, -0.05) is 86.6 Å². The van der Waals surface area contributed by atoms with Gasteiger partial charge in [0, 0.05) is 6.54 Å². The van der Waals surface area contributed by atoms with Gasteiger partial charge in [-0.05, 0) is 34.2 Å². The number of nitrogens with zero attached hydrogens (tertiary/aromatic N) is 1. The molecule has 5 heteroatoms. The molecule has 0 aliphatic heterocycles. The summed E-state index contributed by atoms with van der Waals surface area (Å²) >= 11 is 0. The Morgan fingerprint density at radius 3 is 2.23 bits per heavy atom. The van der Waals surface area contributed by atoms with E-state index in [1.54, 1.807) is 0 Å². The van der Waals surface area contributed by atoms with Crippen LogP contribution >= 0.6 is 12.4 Å². The standard InChI is InChI=1S/C26H26N2O2.ClH/c1-19(2)25(26(29)30-18-21-8-4-3-5-9-21)28-17-20-12-14-22(15-13-20)24-11-7-6-10-23(24)16-27;/h3-15,19,25,28H,17-18H2,1-2H3;1H. The summed E-state index contributed by atoms with van der Waals surface area (Å²) in [6, 6.07) is 27.1. The molecule has 1 atom stereocenters. The van der Waals surface area contributed by atoms with Crippen LogP contribution in [0.5, 0.6) is 0 Å². The molecule has 0 saturated carbocycles. The molecule has 4 nitrogen and oxygen atoms in total. The van der Waals surface area contributed by atoms with Crippen molar-refractivity contribution in [3.05, 3.63) is 95.6 Å². The van der Waals surface area contributed by atoms with E-state index in [0.717, 1.165) is 22.3 Å². The number of benzene rings is 3. The zero-order chi connectivity index (χ0) is 21.3. The molecule has 1 N–H and O–H groups in total. The average Bonchev–Trinajstić information content (AvgIpc) is 2.78. The highest BCUT2D eigenvalue weighted by Crippen LogP contribution is 2.23. The first-order valence-corrected chi connectivity index (χ1v) is 10.1. The summed E-state index contributed by atoms with van der Waals surface area (Å²) in [5.74, 6) is -0.136. The van der Waals surface area contributed by atoms with Gasteiger partial charge in [0.15, 0.2) is 0 Å². The first kappa shape index (κ1) is 24.1. The number of carbonyl (C=O) groups excluding carboxylic acids is 1. The highest BCUT2D eigenvalue weighted by atomic mass is 35.5. The van der Waals surface area contributed by atoms with Crippen molar-refractivity contribution in [2.24, 2.45) is 5.92 Å². The molecule has 0 bridgehead atoms. The Balaban J connectivity index is 0.00000341. The second-order valence-electron chi connectivity index (χ2n) is 7.55. The van der Waals surface area contributed by atoms with Crippen LogP contribution < -0.4 is 5.32 Å². The molecule has 3 rings (SSSR count). The fraction of sp³-hybridized carbons (Fsp3) is 0.231. The quantitative estimate of drug-likeness (QED) is 0.475. The van der Waals surface area contributed by atoms with Crippen molar-refractivity contribution in [3.63, 3.8) is 0 Å². The summed E-state index contributed by atoms with van der Waals surface area (Å²) in [4.78, 5) is 12.6. The Morgan fingerprint density at radius 2 is 1.58 bits per heavy atom. The first-order valence-electron chi connectivity index (χ1n) is 10.1. The van der Waals surface area contributed by atoms with Gasteiger partial charge >= 0.3 is 5.97 Å². The molecule has 3 aromatic rings. The van der Waals surface area contributed by atoms with Crippen LogP contribution in [0.3, 0.4) is 0 Å². The van der Waals surface area contributed by atoms with Crippen molar-refractivity contribution in [2.75, 3.05) is 0 Å². The number of nitrogens with one attached hydrogen (secondary N) is 1. The Kier molecular flexibility index (Phi) is 9.27. The predicted octanol–water partition coefficient (Wildman–Crippen LogP) is 5.50. The van der Waals surface area contributed by atoms with Gasteiger partial charge < -0.3 is 10.1 Å². The van der Waals surface area contributed by atoms with Crippen LogP contribution in [0.25, 0.3) is 11.1 Å². The molecule has 0 radical (unpaired) electrons. The third kappa shape index (κ3) is 6.68. The van der Waals surface area contributed by atoms with Crippen LogP contribution in [0, 0.1) is 17.2 Å². The number of nitriles is 1. The summed E-state index contributed by atoms with van der Waals surface area (Å²) in [7, 11) is 0. The van der Waals surface area contributed by atoms with Crippen molar-refractivity contribution in [2.45, 2.75) is 33.0 Å². The Hall–Kier alpha value is -3.13.